The monoisotopic (exact) mass is 428 g/mol. The van der Waals surface area contributed by atoms with Crippen molar-refractivity contribution in [3.05, 3.63) is 43.0 Å². The van der Waals surface area contributed by atoms with E-state index in [2.05, 4.69) is 73.3 Å². The number of hydrogen-bond donors (Lipinski definition) is 1. The van der Waals surface area contributed by atoms with E-state index in [0.717, 1.165) is 14.8 Å². The highest BCUT2D eigenvalue weighted by Gasteiger charge is 2.13. The summed E-state index contributed by atoms with van der Waals surface area (Å²) in [6.45, 7) is 5.44. The SMILES string of the molecule is Cc1cc(N2CCCC2)ccc1NCc1cc(Br)c(Br)s1. The molecule has 0 bridgehead atoms. The first kappa shape index (κ1) is 15.4. The number of benzene rings is 1. The van der Waals surface area contributed by atoms with Crippen molar-refractivity contribution in [1.29, 1.82) is 0 Å². The predicted octanol–water partition coefficient (Wildman–Crippen LogP) is 5.79. The fraction of sp³-hybridized carbons (Fsp3) is 0.375. The second-order valence-corrected chi connectivity index (χ2v) is 8.69. The van der Waals surface area contributed by atoms with Gasteiger partial charge in [0.1, 0.15) is 0 Å². The summed E-state index contributed by atoms with van der Waals surface area (Å²) >= 11 is 8.84. The number of rotatable bonds is 4. The van der Waals surface area contributed by atoms with Crippen LogP contribution >= 0.6 is 43.2 Å². The normalized spacial score (nSPS) is 14.7. The molecule has 3 rings (SSSR count). The van der Waals surface area contributed by atoms with E-state index in [0.29, 0.717) is 0 Å². The summed E-state index contributed by atoms with van der Waals surface area (Å²) in [6.07, 6.45) is 2.64. The third-order valence-corrected chi connectivity index (χ3v) is 7.09. The molecule has 2 aromatic rings. The molecule has 0 amide bonds. The number of anilines is 2. The fourth-order valence-corrected chi connectivity index (χ4v) is 4.80. The lowest BCUT2D eigenvalue weighted by Gasteiger charge is -2.19. The number of halogens is 2. The second kappa shape index (κ2) is 6.71. The molecule has 2 nitrogen and oxygen atoms in total. The van der Waals surface area contributed by atoms with Gasteiger partial charge in [0.15, 0.2) is 0 Å². The first-order valence-corrected chi connectivity index (χ1v) is 9.57. The van der Waals surface area contributed by atoms with Crippen LogP contribution in [0.2, 0.25) is 0 Å². The van der Waals surface area contributed by atoms with Crippen molar-refractivity contribution in [3.8, 4) is 0 Å². The molecule has 2 heterocycles. The maximum Gasteiger partial charge on any atom is 0.0843 e. The Bertz CT molecular complexity index is 614. The molecule has 1 N–H and O–H groups in total. The number of nitrogens with one attached hydrogen (secondary N) is 1. The van der Waals surface area contributed by atoms with E-state index in [1.807, 2.05) is 0 Å². The maximum atomic E-state index is 3.54. The first-order chi connectivity index (χ1) is 10.1. The van der Waals surface area contributed by atoms with Gasteiger partial charge in [-0.3, -0.25) is 0 Å². The standard InChI is InChI=1S/C16H18Br2N2S/c1-11-8-12(20-6-2-3-7-20)4-5-15(11)19-10-13-9-14(17)16(18)21-13/h4-5,8-9,19H,2-3,6-7,10H2,1H3. The van der Waals surface area contributed by atoms with Crippen LogP contribution in [0.25, 0.3) is 0 Å². The van der Waals surface area contributed by atoms with Crippen molar-refractivity contribution in [3.63, 3.8) is 0 Å². The molecule has 112 valence electrons. The van der Waals surface area contributed by atoms with E-state index in [4.69, 9.17) is 0 Å². The zero-order valence-corrected chi connectivity index (χ0v) is 15.9. The maximum absolute atomic E-state index is 3.54. The van der Waals surface area contributed by atoms with Crippen molar-refractivity contribution in [2.45, 2.75) is 26.3 Å². The molecule has 0 spiro atoms. The first-order valence-electron chi connectivity index (χ1n) is 7.16. The van der Waals surface area contributed by atoms with Crippen molar-refractivity contribution in [2.24, 2.45) is 0 Å². The van der Waals surface area contributed by atoms with Gasteiger partial charge in [-0.05, 0) is 81.5 Å². The van der Waals surface area contributed by atoms with Gasteiger partial charge in [0.2, 0.25) is 0 Å². The molecule has 1 saturated heterocycles. The summed E-state index contributed by atoms with van der Waals surface area (Å²) in [5, 5.41) is 3.54. The van der Waals surface area contributed by atoms with Crippen LogP contribution in [-0.2, 0) is 6.54 Å². The van der Waals surface area contributed by atoms with Crippen molar-refractivity contribution >= 4 is 54.6 Å². The Morgan fingerprint density at radius 3 is 2.57 bits per heavy atom. The topological polar surface area (TPSA) is 15.3 Å². The summed E-state index contributed by atoms with van der Waals surface area (Å²) in [5.74, 6) is 0. The zero-order chi connectivity index (χ0) is 14.8. The number of thiophene rings is 1. The van der Waals surface area contributed by atoms with E-state index >= 15 is 0 Å². The van der Waals surface area contributed by atoms with Crippen LogP contribution in [0.5, 0.6) is 0 Å². The van der Waals surface area contributed by atoms with Gasteiger partial charge in [0.05, 0.1) is 3.79 Å². The molecule has 1 aliphatic heterocycles. The Morgan fingerprint density at radius 2 is 1.95 bits per heavy atom. The molecule has 1 aromatic heterocycles. The van der Waals surface area contributed by atoms with Crippen molar-refractivity contribution in [1.82, 2.24) is 0 Å². The molecule has 1 aromatic carbocycles. The highest BCUT2D eigenvalue weighted by atomic mass is 79.9. The largest absolute Gasteiger partial charge is 0.380 e. The molecule has 5 heteroatoms. The van der Waals surface area contributed by atoms with Crippen LogP contribution < -0.4 is 10.2 Å². The van der Waals surface area contributed by atoms with Gasteiger partial charge in [0, 0.05) is 40.4 Å². The van der Waals surface area contributed by atoms with Crippen molar-refractivity contribution in [2.75, 3.05) is 23.3 Å². The Morgan fingerprint density at radius 1 is 1.19 bits per heavy atom. The smallest absolute Gasteiger partial charge is 0.0843 e. The summed E-state index contributed by atoms with van der Waals surface area (Å²) in [5.41, 5.74) is 3.89. The van der Waals surface area contributed by atoms with Crippen LogP contribution in [0.1, 0.15) is 23.3 Å². The minimum absolute atomic E-state index is 0.860. The Labute approximate surface area is 146 Å². The highest BCUT2D eigenvalue weighted by molar-refractivity contribution is 9.13. The number of hydrogen-bond acceptors (Lipinski definition) is 3. The zero-order valence-electron chi connectivity index (χ0n) is 12.0. The van der Waals surface area contributed by atoms with Gasteiger partial charge in [-0.25, -0.2) is 0 Å². The molecular weight excluding hydrogens is 412 g/mol. The van der Waals surface area contributed by atoms with Crippen LogP contribution in [0, 0.1) is 6.92 Å². The Balaban J connectivity index is 1.68. The van der Waals surface area contributed by atoms with Gasteiger partial charge in [-0.15, -0.1) is 11.3 Å². The summed E-state index contributed by atoms with van der Waals surface area (Å²) in [7, 11) is 0. The van der Waals surface area contributed by atoms with Gasteiger partial charge in [-0.1, -0.05) is 0 Å². The van der Waals surface area contributed by atoms with E-state index in [9.17, 15) is 0 Å². The van der Waals surface area contributed by atoms with Gasteiger partial charge >= 0.3 is 0 Å². The molecule has 0 atom stereocenters. The molecule has 0 aliphatic carbocycles. The fourth-order valence-electron chi connectivity index (χ4n) is 2.68. The highest BCUT2D eigenvalue weighted by Crippen LogP contribution is 2.33. The van der Waals surface area contributed by atoms with Crippen LogP contribution in [-0.4, -0.2) is 13.1 Å². The van der Waals surface area contributed by atoms with E-state index in [-0.39, 0.29) is 0 Å². The minimum Gasteiger partial charge on any atom is -0.380 e. The Kier molecular flexibility index (Phi) is 4.92. The molecule has 1 fully saturated rings. The lowest BCUT2D eigenvalue weighted by atomic mass is 10.1. The lowest BCUT2D eigenvalue weighted by molar-refractivity contribution is 0.949. The minimum atomic E-state index is 0.860. The van der Waals surface area contributed by atoms with E-state index < -0.39 is 0 Å². The second-order valence-electron chi connectivity index (χ2n) is 5.38. The molecular formula is C16H18Br2N2S. The summed E-state index contributed by atoms with van der Waals surface area (Å²) in [6, 6.07) is 8.91. The van der Waals surface area contributed by atoms with Crippen molar-refractivity contribution < 1.29 is 0 Å². The van der Waals surface area contributed by atoms with Crippen LogP contribution in [0.4, 0.5) is 11.4 Å². The summed E-state index contributed by atoms with van der Waals surface area (Å²) in [4.78, 5) is 3.79. The van der Waals surface area contributed by atoms with Crippen LogP contribution in [0.15, 0.2) is 32.5 Å². The van der Waals surface area contributed by atoms with Gasteiger partial charge < -0.3 is 10.2 Å². The van der Waals surface area contributed by atoms with E-state index in [1.54, 1.807) is 11.3 Å². The average Bonchev–Trinajstić information content (AvgIpc) is 3.08. The Hall–Kier alpha value is -0.520. The molecule has 0 radical (unpaired) electrons. The van der Waals surface area contributed by atoms with E-state index in [1.165, 1.54) is 47.7 Å². The van der Waals surface area contributed by atoms with Crippen LogP contribution in [0.3, 0.4) is 0 Å². The predicted molar refractivity (Wildman–Crippen MR) is 99.7 cm³/mol. The third-order valence-electron chi connectivity index (χ3n) is 3.83. The summed E-state index contributed by atoms with van der Waals surface area (Å²) < 4.78 is 2.28. The third kappa shape index (κ3) is 3.63. The van der Waals surface area contributed by atoms with Gasteiger partial charge in [-0.2, -0.15) is 0 Å². The lowest BCUT2D eigenvalue weighted by Crippen LogP contribution is -2.17. The van der Waals surface area contributed by atoms with Gasteiger partial charge in [0.25, 0.3) is 0 Å². The molecule has 1 aliphatic rings. The number of nitrogens with zero attached hydrogens (tertiary/aromatic N) is 1. The average molecular weight is 430 g/mol. The number of aryl methyl sites for hydroxylation is 1. The quantitative estimate of drug-likeness (QED) is 0.661. The molecule has 21 heavy (non-hydrogen) atoms. The molecule has 0 unspecified atom stereocenters. The molecule has 0 saturated carbocycles.